The van der Waals surface area contributed by atoms with Crippen LogP contribution in [0.4, 0.5) is 5.69 Å². The predicted octanol–water partition coefficient (Wildman–Crippen LogP) is 3.38. The Balaban J connectivity index is 1.63. The second kappa shape index (κ2) is 8.82. The van der Waals surface area contributed by atoms with Gasteiger partial charge in [0.05, 0.1) is 6.54 Å². The summed E-state index contributed by atoms with van der Waals surface area (Å²) in [6.07, 6.45) is 3.31. The van der Waals surface area contributed by atoms with Gasteiger partial charge in [-0.2, -0.15) is 0 Å². The van der Waals surface area contributed by atoms with Crippen molar-refractivity contribution in [2.75, 3.05) is 25.5 Å². The number of nitrogens with one attached hydrogen (secondary N) is 2. The number of hydrogen-bond acceptors (Lipinski definition) is 3. The fraction of sp³-hybridized carbons (Fsp3) is 0.364. The Labute approximate surface area is 160 Å². The molecule has 0 fully saturated rings. The largest absolute Gasteiger partial charge is 0.352 e. The van der Waals surface area contributed by atoms with E-state index in [9.17, 15) is 9.59 Å². The molecule has 0 aliphatic heterocycles. The van der Waals surface area contributed by atoms with Gasteiger partial charge < -0.3 is 10.6 Å². The van der Waals surface area contributed by atoms with E-state index in [1.165, 1.54) is 11.1 Å². The monoisotopic (exact) mass is 365 g/mol. The zero-order valence-electron chi connectivity index (χ0n) is 16.0. The molecule has 0 saturated heterocycles. The fourth-order valence-electron chi connectivity index (χ4n) is 3.72. The van der Waals surface area contributed by atoms with E-state index >= 15 is 0 Å². The summed E-state index contributed by atoms with van der Waals surface area (Å²) < 4.78 is 0. The Kier molecular flexibility index (Phi) is 6.24. The van der Waals surface area contributed by atoms with Crippen LogP contribution >= 0.6 is 0 Å². The average Bonchev–Trinajstić information content (AvgIpc) is 2.67. The molecule has 5 heteroatoms. The zero-order valence-corrected chi connectivity index (χ0v) is 16.0. The van der Waals surface area contributed by atoms with Crippen LogP contribution < -0.4 is 10.6 Å². The van der Waals surface area contributed by atoms with Crippen LogP contribution in [0.1, 0.15) is 47.3 Å². The van der Waals surface area contributed by atoms with E-state index in [-0.39, 0.29) is 17.9 Å². The minimum atomic E-state index is -0.135. The second-order valence-corrected chi connectivity index (χ2v) is 7.01. The van der Waals surface area contributed by atoms with E-state index in [1.807, 2.05) is 14.0 Å². The number of anilines is 1. The molecule has 0 aromatic heterocycles. The van der Waals surface area contributed by atoms with Gasteiger partial charge in [-0.05, 0) is 62.6 Å². The summed E-state index contributed by atoms with van der Waals surface area (Å²) in [6, 6.07) is 15.8. The molecule has 27 heavy (non-hydrogen) atoms. The lowest BCUT2D eigenvalue weighted by molar-refractivity contribution is -0.117. The van der Waals surface area contributed by atoms with Crippen LogP contribution in [0, 0.1) is 0 Å². The van der Waals surface area contributed by atoms with Gasteiger partial charge in [-0.3, -0.25) is 14.5 Å². The molecule has 5 nitrogen and oxygen atoms in total. The molecule has 0 radical (unpaired) electrons. The Morgan fingerprint density at radius 3 is 2.78 bits per heavy atom. The Morgan fingerprint density at radius 1 is 1.15 bits per heavy atom. The van der Waals surface area contributed by atoms with E-state index in [2.05, 4.69) is 39.8 Å². The van der Waals surface area contributed by atoms with E-state index in [4.69, 9.17) is 0 Å². The fourth-order valence-corrected chi connectivity index (χ4v) is 3.72. The number of nitrogens with zero attached hydrogens (tertiary/aromatic N) is 1. The maximum absolute atomic E-state index is 12.5. The highest BCUT2D eigenvalue weighted by molar-refractivity contribution is 5.97. The summed E-state index contributed by atoms with van der Waals surface area (Å²) in [5.74, 6) is -0.210. The quantitative estimate of drug-likeness (QED) is 0.825. The van der Waals surface area contributed by atoms with Crippen molar-refractivity contribution in [1.29, 1.82) is 0 Å². The molecule has 1 aliphatic carbocycles. The third-order valence-corrected chi connectivity index (χ3v) is 5.01. The number of carbonyl (C=O) groups is 2. The summed E-state index contributed by atoms with van der Waals surface area (Å²) >= 11 is 0. The summed E-state index contributed by atoms with van der Waals surface area (Å²) in [7, 11) is 2.00. The molecular formula is C22H27N3O2. The average molecular weight is 365 g/mol. The van der Waals surface area contributed by atoms with Crippen molar-refractivity contribution < 1.29 is 9.59 Å². The van der Waals surface area contributed by atoms with Gasteiger partial charge >= 0.3 is 0 Å². The first-order valence-electron chi connectivity index (χ1n) is 9.54. The number of fused-ring (bicyclic) bond motifs is 1. The Hall–Kier alpha value is -2.66. The highest BCUT2D eigenvalue weighted by Gasteiger charge is 2.24. The van der Waals surface area contributed by atoms with E-state index in [0.29, 0.717) is 24.3 Å². The number of rotatable bonds is 6. The van der Waals surface area contributed by atoms with Gasteiger partial charge in [0.15, 0.2) is 0 Å². The standard InChI is InChI=1S/C22H27N3O2/c1-3-23-22(27)17-10-6-11-18(14-17)24-21(26)15-25(2)20-13-7-9-16-8-4-5-12-19(16)20/h4-6,8,10-12,14,20H,3,7,9,13,15H2,1-2H3,(H,23,27)(H,24,26)/t20-/m1/s1. The molecule has 0 heterocycles. The van der Waals surface area contributed by atoms with Gasteiger partial charge in [-0.15, -0.1) is 0 Å². The topological polar surface area (TPSA) is 61.4 Å². The molecule has 0 saturated carbocycles. The Morgan fingerprint density at radius 2 is 1.96 bits per heavy atom. The minimum absolute atomic E-state index is 0.0754. The first kappa shape index (κ1) is 19.1. The van der Waals surface area contributed by atoms with Crippen LogP contribution in [0.15, 0.2) is 48.5 Å². The number of carbonyl (C=O) groups excluding carboxylic acids is 2. The highest BCUT2D eigenvalue weighted by Crippen LogP contribution is 2.33. The highest BCUT2D eigenvalue weighted by atomic mass is 16.2. The van der Waals surface area contributed by atoms with E-state index in [1.54, 1.807) is 24.3 Å². The van der Waals surface area contributed by atoms with E-state index in [0.717, 1.165) is 19.3 Å². The van der Waals surface area contributed by atoms with Crippen molar-refractivity contribution in [3.8, 4) is 0 Å². The van der Waals surface area contributed by atoms with E-state index < -0.39 is 0 Å². The van der Waals surface area contributed by atoms with Gasteiger partial charge in [0, 0.05) is 23.8 Å². The molecule has 2 amide bonds. The van der Waals surface area contributed by atoms with Crippen molar-refractivity contribution in [3.05, 3.63) is 65.2 Å². The third-order valence-electron chi connectivity index (χ3n) is 5.01. The molecule has 0 unspecified atom stereocenters. The molecule has 2 aromatic rings. The lowest BCUT2D eigenvalue weighted by Crippen LogP contribution is -2.35. The number of benzene rings is 2. The molecule has 1 aliphatic rings. The molecule has 0 bridgehead atoms. The minimum Gasteiger partial charge on any atom is -0.352 e. The first-order chi connectivity index (χ1) is 13.1. The van der Waals surface area contributed by atoms with Crippen molar-refractivity contribution >= 4 is 17.5 Å². The van der Waals surface area contributed by atoms with Gasteiger partial charge in [0.25, 0.3) is 5.91 Å². The van der Waals surface area contributed by atoms with Gasteiger partial charge in [-0.25, -0.2) is 0 Å². The van der Waals surface area contributed by atoms with Crippen LogP contribution in [0.2, 0.25) is 0 Å². The number of amides is 2. The van der Waals surface area contributed by atoms with Gasteiger partial charge in [0.2, 0.25) is 5.91 Å². The second-order valence-electron chi connectivity index (χ2n) is 7.01. The van der Waals surface area contributed by atoms with Crippen molar-refractivity contribution in [2.24, 2.45) is 0 Å². The van der Waals surface area contributed by atoms with Crippen LogP contribution in [0.25, 0.3) is 0 Å². The molecular weight excluding hydrogens is 338 g/mol. The van der Waals surface area contributed by atoms with Crippen LogP contribution in [-0.4, -0.2) is 36.9 Å². The number of aryl methyl sites for hydroxylation is 1. The van der Waals surface area contributed by atoms with Crippen LogP contribution in [0.5, 0.6) is 0 Å². The molecule has 1 atom stereocenters. The summed E-state index contributed by atoms with van der Waals surface area (Å²) in [5.41, 5.74) is 3.90. The Bertz CT molecular complexity index is 819. The number of likely N-dealkylation sites (N-methyl/N-ethyl adjacent to an activating group) is 1. The molecule has 142 valence electrons. The van der Waals surface area contributed by atoms with Gasteiger partial charge in [0.1, 0.15) is 0 Å². The maximum Gasteiger partial charge on any atom is 0.251 e. The lowest BCUT2D eigenvalue weighted by Gasteiger charge is -2.32. The summed E-state index contributed by atoms with van der Waals surface area (Å²) in [5, 5.41) is 5.68. The van der Waals surface area contributed by atoms with Crippen molar-refractivity contribution in [3.63, 3.8) is 0 Å². The van der Waals surface area contributed by atoms with Crippen LogP contribution in [-0.2, 0) is 11.2 Å². The smallest absolute Gasteiger partial charge is 0.251 e. The first-order valence-corrected chi connectivity index (χ1v) is 9.54. The maximum atomic E-state index is 12.5. The predicted molar refractivity (Wildman–Crippen MR) is 108 cm³/mol. The summed E-state index contributed by atoms with van der Waals surface area (Å²) in [6.45, 7) is 2.76. The zero-order chi connectivity index (χ0) is 19.2. The lowest BCUT2D eigenvalue weighted by atomic mass is 9.87. The van der Waals surface area contributed by atoms with Crippen molar-refractivity contribution in [2.45, 2.75) is 32.2 Å². The molecule has 2 N–H and O–H groups in total. The van der Waals surface area contributed by atoms with Crippen LogP contribution in [0.3, 0.4) is 0 Å². The van der Waals surface area contributed by atoms with Gasteiger partial charge in [-0.1, -0.05) is 30.3 Å². The molecule has 2 aromatic carbocycles. The SMILES string of the molecule is CCNC(=O)c1cccc(NC(=O)CN(C)[C@@H]2CCCc3ccccc32)c1. The summed E-state index contributed by atoms with van der Waals surface area (Å²) in [4.78, 5) is 26.6. The molecule has 0 spiro atoms. The normalized spacial score (nSPS) is 15.9. The number of hydrogen-bond donors (Lipinski definition) is 2. The molecule has 3 rings (SSSR count). The van der Waals surface area contributed by atoms with Crippen molar-refractivity contribution in [1.82, 2.24) is 10.2 Å². The third kappa shape index (κ3) is 4.74.